The number of thiazole rings is 1. The second kappa shape index (κ2) is 5.01. The number of nitrogens with zero attached hydrogens (tertiary/aromatic N) is 1. The van der Waals surface area contributed by atoms with Crippen LogP contribution in [0.1, 0.15) is 15.2 Å². The molecule has 0 saturated heterocycles. The van der Waals surface area contributed by atoms with E-state index in [4.69, 9.17) is 11.5 Å². The van der Waals surface area contributed by atoms with E-state index < -0.39 is 11.7 Å². The molecule has 1 aromatic carbocycles. The van der Waals surface area contributed by atoms with Gasteiger partial charge in [0.05, 0.1) is 23.3 Å². The van der Waals surface area contributed by atoms with Gasteiger partial charge >= 0.3 is 0 Å². The van der Waals surface area contributed by atoms with E-state index >= 15 is 0 Å². The van der Waals surface area contributed by atoms with Gasteiger partial charge in [0, 0.05) is 16.8 Å². The standard InChI is InChI=1S/C11H11FN4OS/c12-8-2-9(13)7(11(14)17)1-10(8)16-4-6-3-15-5-18-6/h1-3,5,16H,4,13H2,(H2,14,17). The van der Waals surface area contributed by atoms with Crippen LogP contribution in [-0.4, -0.2) is 10.9 Å². The van der Waals surface area contributed by atoms with Crippen molar-refractivity contribution < 1.29 is 9.18 Å². The normalized spacial score (nSPS) is 10.3. The molecule has 94 valence electrons. The molecule has 0 saturated carbocycles. The van der Waals surface area contributed by atoms with E-state index in [0.717, 1.165) is 10.9 Å². The number of halogens is 1. The number of nitrogen functional groups attached to an aromatic ring is 1. The quantitative estimate of drug-likeness (QED) is 0.732. The van der Waals surface area contributed by atoms with Crippen molar-refractivity contribution >= 4 is 28.6 Å². The van der Waals surface area contributed by atoms with Crippen molar-refractivity contribution in [3.63, 3.8) is 0 Å². The third-order valence-electron chi connectivity index (χ3n) is 2.34. The fourth-order valence-electron chi connectivity index (χ4n) is 1.45. The lowest BCUT2D eigenvalue weighted by molar-refractivity contribution is 0.100. The molecule has 0 bridgehead atoms. The summed E-state index contributed by atoms with van der Waals surface area (Å²) in [5.74, 6) is -1.21. The Balaban J connectivity index is 2.22. The van der Waals surface area contributed by atoms with Gasteiger partial charge < -0.3 is 16.8 Å². The first kappa shape index (κ1) is 12.3. The van der Waals surface area contributed by atoms with Crippen LogP contribution in [0.15, 0.2) is 23.8 Å². The SMILES string of the molecule is NC(=O)c1cc(NCc2cncs2)c(F)cc1N. The number of anilines is 2. The number of primary amides is 1. The predicted octanol–water partition coefficient (Wildman–Crippen LogP) is 1.58. The Morgan fingerprint density at radius 3 is 2.89 bits per heavy atom. The van der Waals surface area contributed by atoms with E-state index in [0.29, 0.717) is 6.54 Å². The monoisotopic (exact) mass is 266 g/mol. The van der Waals surface area contributed by atoms with Crippen LogP contribution in [0, 0.1) is 5.82 Å². The highest BCUT2D eigenvalue weighted by Crippen LogP contribution is 2.22. The average Bonchev–Trinajstić information content (AvgIpc) is 2.80. The van der Waals surface area contributed by atoms with E-state index in [2.05, 4.69) is 10.3 Å². The van der Waals surface area contributed by atoms with Gasteiger partial charge in [-0.25, -0.2) is 4.39 Å². The largest absolute Gasteiger partial charge is 0.398 e. The fraction of sp³-hybridized carbons (Fsp3) is 0.0909. The van der Waals surface area contributed by atoms with E-state index in [1.165, 1.54) is 17.4 Å². The van der Waals surface area contributed by atoms with Crippen molar-refractivity contribution in [1.82, 2.24) is 4.98 Å². The molecule has 5 nitrogen and oxygen atoms in total. The minimum absolute atomic E-state index is 0.0309. The molecule has 0 atom stereocenters. The molecule has 2 aromatic rings. The Kier molecular flexibility index (Phi) is 3.42. The molecule has 18 heavy (non-hydrogen) atoms. The van der Waals surface area contributed by atoms with Gasteiger partial charge in [-0.3, -0.25) is 9.78 Å². The van der Waals surface area contributed by atoms with Crippen LogP contribution in [0.3, 0.4) is 0 Å². The Hall–Kier alpha value is -2.15. The maximum absolute atomic E-state index is 13.6. The van der Waals surface area contributed by atoms with Gasteiger partial charge in [0.1, 0.15) is 5.82 Å². The molecule has 7 heteroatoms. The van der Waals surface area contributed by atoms with Crippen LogP contribution in [-0.2, 0) is 6.54 Å². The van der Waals surface area contributed by atoms with Crippen LogP contribution in [0.2, 0.25) is 0 Å². The number of carbonyl (C=O) groups is 1. The molecule has 0 unspecified atom stereocenters. The summed E-state index contributed by atoms with van der Waals surface area (Å²) in [6.45, 7) is 0.420. The van der Waals surface area contributed by atoms with Crippen molar-refractivity contribution in [2.75, 3.05) is 11.1 Å². The molecule has 1 heterocycles. The van der Waals surface area contributed by atoms with Gasteiger partial charge in [-0.1, -0.05) is 0 Å². The number of rotatable bonds is 4. The van der Waals surface area contributed by atoms with Gasteiger partial charge in [0.15, 0.2) is 0 Å². The Labute approximate surface area is 107 Å². The maximum atomic E-state index is 13.6. The summed E-state index contributed by atoms with van der Waals surface area (Å²) < 4.78 is 13.6. The molecule has 0 spiro atoms. The molecular weight excluding hydrogens is 255 g/mol. The number of nitrogens with one attached hydrogen (secondary N) is 1. The van der Waals surface area contributed by atoms with Crippen LogP contribution < -0.4 is 16.8 Å². The molecule has 0 aliphatic rings. The maximum Gasteiger partial charge on any atom is 0.250 e. The second-order valence-electron chi connectivity index (χ2n) is 3.60. The topological polar surface area (TPSA) is 94.0 Å². The van der Waals surface area contributed by atoms with Crippen molar-refractivity contribution in [1.29, 1.82) is 0 Å². The number of hydrogen-bond donors (Lipinski definition) is 3. The highest BCUT2D eigenvalue weighted by Gasteiger charge is 2.11. The molecular formula is C11H11FN4OS. The number of amides is 1. The van der Waals surface area contributed by atoms with Crippen molar-refractivity contribution in [3.05, 3.63) is 40.1 Å². The summed E-state index contributed by atoms with van der Waals surface area (Å²) in [7, 11) is 0. The summed E-state index contributed by atoms with van der Waals surface area (Å²) >= 11 is 1.45. The summed E-state index contributed by atoms with van der Waals surface area (Å²) in [6, 6.07) is 2.39. The second-order valence-corrected chi connectivity index (χ2v) is 4.58. The van der Waals surface area contributed by atoms with Gasteiger partial charge in [0.2, 0.25) is 0 Å². The van der Waals surface area contributed by atoms with Gasteiger partial charge in [-0.15, -0.1) is 11.3 Å². The molecule has 0 radical (unpaired) electrons. The number of benzene rings is 1. The molecule has 0 aliphatic heterocycles. The lowest BCUT2D eigenvalue weighted by atomic mass is 10.1. The fourth-order valence-corrected chi connectivity index (χ4v) is 1.98. The summed E-state index contributed by atoms with van der Waals surface area (Å²) in [5.41, 5.74) is 12.7. The lowest BCUT2D eigenvalue weighted by Gasteiger charge is -2.09. The van der Waals surface area contributed by atoms with Crippen molar-refractivity contribution in [3.8, 4) is 0 Å². The molecule has 0 fully saturated rings. The van der Waals surface area contributed by atoms with Crippen molar-refractivity contribution in [2.45, 2.75) is 6.54 Å². The zero-order valence-electron chi connectivity index (χ0n) is 9.31. The minimum atomic E-state index is -0.687. The first-order chi connectivity index (χ1) is 8.58. The summed E-state index contributed by atoms with van der Waals surface area (Å²) in [6.07, 6.45) is 1.68. The zero-order chi connectivity index (χ0) is 13.1. The third-order valence-corrected chi connectivity index (χ3v) is 3.12. The third kappa shape index (κ3) is 2.57. The van der Waals surface area contributed by atoms with E-state index in [1.807, 2.05) is 0 Å². The van der Waals surface area contributed by atoms with Gasteiger partial charge in [-0.2, -0.15) is 0 Å². The lowest BCUT2D eigenvalue weighted by Crippen LogP contribution is -2.14. The van der Waals surface area contributed by atoms with Crippen LogP contribution in [0.5, 0.6) is 0 Å². The molecule has 0 aliphatic carbocycles. The predicted molar refractivity (Wildman–Crippen MR) is 68.8 cm³/mol. The number of aromatic nitrogens is 1. The Morgan fingerprint density at radius 1 is 1.50 bits per heavy atom. The molecule has 1 aromatic heterocycles. The van der Waals surface area contributed by atoms with E-state index in [9.17, 15) is 9.18 Å². The van der Waals surface area contributed by atoms with Crippen molar-refractivity contribution in [2.24, 2.45) is 5.73 Å². The van der Waals surface area contributed by atoms with Crippen LogP contribution in [0.4, 0.5) is 15.8 Å². The first-order valence-electron chi connectivity index (χ1n) is 5.08. The number of nitrogens with two attached hydrogens (primary N) is 2. The molecule has 5 N–H and O–H groups in total. The van der Waals surface area contributed by atoms with E-state index in [1.54, 1.807) is 11.7 Å². The highest BCUT2D eigenvalue weighted by molar-refractivity contribution is 7.09. The Morgan fingerprint density at radius 2 is 2.28 bits per heavy atom. The summed E-state index contributed by atoms with van der Waals surface area (Å²) in [4.78, 5) is 16.0. The average molecular weight is 266 g/mol. The van der Waals surface area contributed by atoms with Crippen LogP contribution >= 0.6 is 11.3 Å². The zero-order valence-corrected chi connectivity index (χ0v) is 10.1. The van der Waals surface area contributed by atoms with Crippen LogP contribution in [0.25, 0.3) is 0 Å². The first-order valence-corrected chi connectivity index (χ1v) is 5.96. The van der Waals surface area contributed by atoms with E-state index in [-0.39, 0.29) is 16.9 Å². The minimum Gasteiger partial charge on any atom is -0.398 e. The number of hydrogen-bond acceptors (Lipinski definition) is 5. The molecule has 1 amide bonds. The smallest absolute Gasteiger partial charge is 0.250 e. The number of carbonyl (C=O) groups excluding carboxylic acids is 1. The Bertz CT molecular complexity index is 571. The summed E-state index contributed by atoms with van der Waals surface area (Å²) in [5, 5.41) is 2.87. The van der Waals surface area contributed by atoms with Gasteiger partial charge in [0.25, 0.3) is 5.91 Å². The molecule has 2 rings (SSSR count). The van der Waals surface area contributed by atoms with Gasteiger partial charge in [-0.05, 0) is 12.1 Å². The highest BCUT2D eigenvalue weighted by atomic mass is 32.1.